The average Bonchev–Trinajstić information content (AvgIpc) is 2.67. The Hall–Kier alpha value is -2.96. The molecule has 2 aromatic rings. The van der Waals surface area contributed by atoms with Gasteiger partial charge in [-0.3, -0.25) is 19.6 Å². The molecule has 2 amide bonds. The van der Waals surface area contributed by atoms with E-state index in [2.05, 4.69) is 15.3 Å². The first-order valence-electron chi connectivity index (χ1n) is 7.83. The molecule has 0 saturated carbocycles. The van der Waals surface area contributed by atoms with Crippen molar-refractivity contribution in [2.24, 2.45) is 0 Å². The summed E-state index contributed by atoms with van der Waals surface area (Å²) in [7, 11) is 0. The largest absolute Gasteiger partial charge is 0.380 e. The maximum atomic E-state index is 12.6. The highest BCUT2D eigenvalue weighted by molar-refractivity contribution is 5.94. The first kappa shape index (κ1) is 15.9. The van der Waals surface area contributed by atoms with Crippen molar-refractivity contribution in [2.45, 2.75) is 6.54 Å². The Morgan fingerprint density at radius 2 is 1.88 bits per heavy atom. The Morgan fingerprint density at radius 3 is 2.58 bits per heavy atom. The van der Waals surface area contributed by atoms with E-state index in [9.17, 15) is 9.59 Å². The number of hydrogen-bond acceptors (Lipinski definition) is 5. The molecule has 124 valence electrons. The van der Waals surface area contributed by atoms with Crippen molar-refractivity contribution in [2.75, 3.05) is 31.5 Å². The summed E-state index contributed by atoms with van der Waals surface area (Å²) in [4.78, 5) is 34.9. The summed E-state index contributed by atoms with van der Waals surface area (Å²) in [5.41, 5.74) is 2.45. The van der Waals surface area contributed by atoms with Crippen LogP contribution in [0.4, 0.5) is 5.69 Å². The van der Waals surface area contributed by atoms with Gasteiger partial charge in [-0.05, 0) is 23.8 Å². The maximum Gasteiger partial charge on any atom is 0.255 e. The van der Waals surface area contributed by atoms with Crippen LogP contribution in [-0.2, 0) is 11.3 Å². The summed E-state index contributed by atoms with van der Waals surface area (Å²) in [5.74, 6) is -0.0550. The number of pyridine rings is 2. The molecular weight excluding hydrogens is 306 g/mol. The van der Waals surface area contributed by atoms with E-state index < -0.39 is 0 Å². The van der Waals surface area contributed by atoms with Crippen molar-refractivity contribution in [3.63, 3.8) is 0 Å². The topological polar surface area (TPSA) is 78.4 Å². The fourth-order valence-corrected chi connectivity index (χ4v) is 2.57. The lowest BCUT2D eigenvalue weighted by molar-refractivity contribution is -0.119. The fourth-order valence-electron chi connectivity index (χ4n) is 2.57. The summed E-state index contributed by atoms with van der Waals surface area (Å²) < 4.78 is 0. The molecule has 3 rings (SSSR count). The molecule has 1 fully saturated rings. The minimum atomic E-state index is -0.0550. The number of anilines is 1. The Kier molecular flexibility index (Phi) is 5.00. The molecule has 1 aliphatic rings. The van der Waals surface area contributed by atoms with Crippen molar-refractivity contribution in [3.8, 4) is 0 Å². The third-order valence-electron chi connectivity index (χ3n) is 3.98. The zero-order valence-corrected chi connectivity index (χ0v) is 13.3. The predicted octanol–water partition coefficient (Wildman–Crippen LogP) is 1.00. The number of carbonyl (C=O) groups is 2. The Labute approximate surface area is 140 Å². The predicted molar refractivity (Wildman–Crippen MR) is 89.3 cm³/mol. The van der Waals surface area contributed by atoms with Crippen LogP contribution in [0, 0.1) is 0 Å². The van der Waals surface area contributed by atoms with Crippen molar-refractivity contribution < 1.29 is 9.59 Å². The quantitative estimate of drug-likeness (QED) is 0.830. The molecule has 1 aliphatic heterocycles. The lowest BCUT2D eigenvalue weighted by Gasteiger charge is -2.32. The van der Waals surface area contributed by atoms with Gasteiger partial charge in [-0.2, -0.15) is 0 Å². The second kappa shape index (κ2) is 7.54. The SMILES string of the molecule is O=CN1CCN(C(=O)c2cncc(NCc3ccncc3)c2)CC1. The van der Waals surface area contributed by atoms with Crippen LogP contribution in [0.25, 0.3) is 0 Å². The zero-order chi connectivity index (χ0) is 16.8. The van der Waals surface area contributed by atoms with Gasteiger partial charge in [0.05, 0.1) is 11.3 Å². The summed E-state index contributed by atoms with van der Waals surface area (Å²) in [6.45, 7) is 2.88. The number of carbonyl (C=O) groups excluding carboxylic acids is 2. The number of piperazine rings is 1. The highest BCUT2D eigenvalue weighted by Gasteiger charge is 2.21. The van der Waals surface area contributed by atoms with Gasteiger partial charge in [0.15, 0.2) is 0 Å². The lowest BCUT2D eigenvalue weighted by atomic mass is 10.2. The highest BCUT2D eigenvalue weighted by atomic mass is 16.2. The van der Waals surface area contributed by atoms with Gasteiger partial charge in [0.25, 0.3) is 5.91 Å². The second-order valence-electron chi connectivity index (χ2n) is 5.60. The van der Waals surface area contributed by atoms with Gasteiger partial charge >= 0.3 is 0 Å². The van der Waals surface area contributed by atoms with E-state index >= 15 is 0 Å². The molecule has 0 aliphatic carbocycles. The van der Waals surface area contributed by atoms with Crippen LogP contribution in [0.3, 0.4) is 0 Å². The minimum Gasteiger partial charge on any atom is -0.380 e. The first-order chi connectivity index (χ1) is 11.8. The van der Waals surface area contributed by atoms with Crippen LogP contribution < -0.4 is 5.32 Å². The van der Waals surface area contributed by atoms with Crippen molar-refractivity contribution in [1.29, 1.82) is 0 Å². The lowest BCUT2D eigenvalue weighted by Crippen LogP contribution is -2.48. The molecule has 0 bridgehead atoms. The number of rotatable bonds is 5. The Balaban J connectivity index is 1.62. The van der Waals surface area contributed by atoms with E-state index in [1.165, 1.54) is 0 Å². The van der Waals surface area contributed by atoms with Crippen LogP contribution in [0.15, 0.2) is 43.0 Å². The van der Waals surface area contributed by atoms with E-state index in [-0.39, 0.29) is 5.91 Å². The van der Waals surface area contributed by atoms with Crippen LogP contribution >= 0.6 is 0 Å². The van der Waals surface area contributed by atoms with Crippen LogP contribution in [0.2, 0.25) is 0 Å². The molecule has 0 aromatic carbocycles. The average molecular weight is 325 g/mol. The van der Waals surface area contributed by atoms with Gasteiger partial charge in [-0.1, -0.05) is 0 Å². The van der Waals surface area contributed by atoms with Gasteiger partial charge in [0, 0.05) is 57.5 Å². The number of amides is 2. The van der Waals surface area contributed by atoms with Crippen LogP contribution in [0.5, 0.6) is 0 Å². The van der Waals surface area contributed by atoms with E-state index in [1.54, 1.807) is 34.6 Å². The van der Waals surface area contributed by atoms with Crippen molar-refractivity contribution in [3.05, 3.63) is 54.1 Å². The van der Waals surface area contributed by atoms with Gasteiger partial charge in [-0.25, -0.2) is 0 Å². The normalized spacial score (nSPS) is 14.3. The fraction of sp³-hybridized carbons (Fsp3) is 0.294. The Morgan fingerprint density at radius 1 is 1.12 bits per heavy atom. The second-order valence-corrected chi connectivity index (χ2v) is 5.60. The monoisotopic (exact) mass is 325 g/mol. The van der Waals surface area contributed by atoms with Crippen LogP contribution in [-0.4, -0.2) is 58.3 Å². The van der Waals surface area contributed by atoms with E-state index in [1.807, 2.05) is 18.2 Å². The number of nitrogens with zero attached hydrogens (tertiary/aromatic N) is 4. The summed E-state index contributed by atoms with van der Waals surface area (Å²) in [5, 5.41) is 3.26. The molecule has 1 saturated heterocycles. The highest BCUT2D eigenvalue weighted by Crippen LogP contribution is 2.13. The summed E-state index contributed by atoms with van der Waals surface area (Å²) in [6, 6.07) is 5.67. The van der Waals surface area contributed by atoms with Gasteiger partial charge in [0.2, 0.25) is 6.41 Å². The zero-order valence-electron chi connectivity index (χ0n) is 13.3. The molecule has 0 unspecified atom stereocenters. The molecule has 0 radical (unpaired) electrons. The molecule has 7 heteroatoms. The van der Waals surface area contributed by atoms with E-state index in [4.69, 9.17) is 0 Å². The molecule has 24 heavy (non-hydrogen) atoms. The van der Waals surface area contributed by atoms with Gasteiger partial charge < -0.3 is 15.1 Å². The minimum absolute atomic E-state index is 0.0550. The van der Waals surface area contributed by atoms with Crippen LogP contribution in [0.1, 0.15) is 15.9 Å². The molecule has 3 heterocycles. The molecule has 0 spiro atoms. The number of aromatic nitrogens is 2. The summed E-state index contributed by atoms with van der Waals surface area (Å²) in [6.07, 6.45) is 7.59. The molecule has 2 aromatic heterocycles. The molecule has 0 atom stereocenters. The van der Waals surface area contributed by atoms with E-state index in [0.717, 1.165) is 17.7 Å². The molecule has 1 N–H and O–H groups in total. The van der Waals surface area contributed by atoms with Crippen molar-refractivity contribution >= 4 is 18.0 Å². The van der Waals surface area contributed by atoms with Gasteiger partial charge in [-0.15, -0.1) is 0 Å². The number of nitrogens with one attached hydrogen (secondary N) is 1. The summed E-state index contributed by atoms with van der Waals surface area (Å²) >= 11 is 0. The Bertz CT molecular complexity index is 699. The van der Waals surface area contributed by atoms with Crippen molar-refractivity contribution in [1.82, 2.24) is 19.8 Å². The van der Waals surface area contributed by atoms with Gasteiger partial charge in [0.1, 0.15) is 0 Å². The molecular formula is C17H19N5O2. The van der Waals surface area contributed by atoms with E-state index in [0.29, 0.717) is 38.3 Å². The third-order valence-corrected chi connectivity index (χ3v) is 3.98. The smallest absolute Gasteiger partial charge is 0.255 e. The third kappa shape index (κ3) is 3.87. The molecule has 7 nitrogen and oxygen atoms in total. The first-order valence-corrected chi connectivity index (χ1v) is 7.83. The maximum absolute atomic E-state index is 12.6. The standard InChI is InChI=1S/C17H19N5O2/c23-13-21-5-7-22(8-6-21)17(24)15-9-16(12-19-11-15)20-10-14-1-3-18-4-2-14/h1-4,9,11-13,20H,5-8,10H2. The number of hydrogen-bond donors (Lipinski definition) is 1.